The van der Waals surface area contributed by atoms with E-state index in [1.807, 2.05) is 0 Å². The fourth-order valence-electron chi connectivity index (χ4n) is 0.897. The Balaban J connectivity index is 2.47. The van der Waals surface area contributed by atoms with Crippen molar-refractivity contribution in [2.75, 3.05) is 0 Å². The van der Waals surface area contributed by atoms with Gasteiger partial charge in [-0.25, -0.2) is 9.78 Å². The zero-order chi connectivity index (χ0) is 10.8. The molecule has 0 aliphatic carbocycles. The minimum atomic E-state index is -0.677. The highest BCUT2D eigenvalue weighted by Gasteiger charge is 2.16. The number of hydrogen-bond donors (Lipinski definition) is 0. The first kappa shape index (κ1) is 9.29. The molecule has 2 aromatic rings. The minimum Gasteiger partial charge on any atom is -0.243 e. The topological polar surface area (TPSA) is 102 Å². The van der Waals surface area contributed by atoms with E-state index in [-0.39, 0.29) is 11.1 Å². The summed E-state index contributed by atoms with van der Waals surface area (Å²) in [5.74, 6) is -0.208. The lowest BCUT2D eigenvalue weighted by atomic mass is 10.7. The maximum absolute atomic E-state index is 11.6. The van der Waals surface area contributed by atoms with Crippen LogP contribution >= 0.6 is 11.6 Å². The molecule has 0 aliphatic heterocycles. The quantitative estimate of drug-likeness (QED) is 0.618. The molecule has 0 fully saturated rings. The number of nitrogens with zero attached hydrogens (tertiary/aromatic N) is 7. The zero-order valence-electron chi connectivity index (χ0n) is 7.07. The maximum atomic E-state index is 11.6. The Hall–Kier alpha value is -2.27. The summed E-state index contributed by atoms with van der Waals surface area (Å²) in [5, 5.41) is 15.6. The van der Waals surface area contributed by atoms with Gasteiger partial charge in [0.1, 0.15) is 18.7 Å². The standard InChI is InChI=1S/C6H2ClN7O/c7-5-11-4(1-8)14(12-5)6(15)13-3-9-2-10-13/h2-3H. The molecule has 0 saturated heterocycles. The monoisotopic (exact) mass is 223 g/mol. The van der Waals surface area contributed by atoms with Crippen LogP contribution in [0.15, 0.2) is 12.7 Å². The highest BCUT2D eigenvalue weighted by atomic mass is 35.5. The lowest BCUT2D eigenvalue weighted by molar-refractivity contribution is 0.238. The van der Waals surface area contributed by atoms with E-state index in [4.69, 9.17) is 16.9 Å². The predicted octanol–water partition coefficient (Wildman–Crippen LogP) is -0.0889. The van der Waals surface area contributed by atoms with E-state index in [9.17, 15) is 4.79 Å². The van der Waals surface area contributed by atoms with Crippen molar-refractivity contribution >= 4 is 17.6 Å². The van der Waals surface area contributed by atoms with Crippen molar-refractivity contribution in [3.63, 3.8) is 0 Å². The van der Waals surface area contributed by atoms with Crippen LogP contribution in [0.1, 0.15) is 5.82 Å². The van der Waals surface area contributed by atoms with E-state index in [0.717, 1.165) is 9.36 Å². The lowest BCUT2D eigenvalue weighted by Gasteiger charge is -1.97. The number of rotatable bonds is 0. The lowest BCUT2D eigenvalue weighted by Crippen LogP contribution is -2.22. The van der Waals surface area contributed by atoms with Crippen LogP contribution in [0.25, 0.3) is 0 Å². The molecular formula is C6H2ClN7O. The van der Waals surface area contributed by atoms with Crippen LogP contribution in [0.2, 0.25) is 5.28 Å². The Bertz CT molecular complexity index is 536. The summed E-state index contributed by atoms with van der Waals surface area (Å²) in [7, 11) is 0. The molecule has 2 rings (SSSR count). The fourth-order valence-corrected chi connectivity index (χ4v) is 1.05. The largest absolute Gasteiger partial charge is 0.373 e. The van der Waals surface area contributed by atoms with Crippen LogP contribution in [0.5, 0.6) is 0 Å². The summed E-state index contributed by atoms with van der Waals surface area (Å²) < 4.78 is 1.66. The molecule has 0 radical (unpaired) electrons. The Kier molecular flexibility index (Phi) is 2.15. The number of nitriles is 1. The van der Waals surface area contributed by atoms with Crippen LogP contribution in [0.4, 0.5) is 4.79 Å². The molecule has 2 heterocycles. The van der Waals surface area contributed by atoms with Crippen LogP contribution in [-0.4, -0.2) is 35.6 Å². The number of carbonyl (C=O) groups is 1. The number of halogens is 1. The highest BCUT2D eigenvalue weighted by Crippen LogP contribution is 2.03. The summed E-state index contributed by atoms with van der Waals surface area (Å²) in [6, 6.07) is 1.00. The zero-order valence-corrected chi connectivity index (χ0v) is 7.83. The molecule has 0 unspecified atom stereocenters. The fraction of sp³-hybridized carbons (Fsp3) is 0. The van der Waals surface area contributed by atoms with Gasteiger partial charge in [-0.1, -0.05) is 0 Å². The van der Waals surface area contributed by atoms with Gasteiger partial charge in [-0.05, 0) is 11.6 Å². The predicted molar refractivity (Wildman–Crippen MR) is 46.0 cm³/mol. The average molecular weight is 224 g/mol. The van der Waals surface area contributed by atoms with Crippen molar-refractivity contribution in [2.24, 2.45) is 0 Å². The molecule has 0 aromatic carbocycles. The van der Waals surface area contributed by atoms with Crippen molar-refractivity contribution in [2.45, 2.75) is 0 Å². The molecule has 8 nitrogen and oxygen atoms in total. The second kappa shape index (κ2) is 3.47. The third kappa shape index (κ3) is 1.55. The molecule has 0 saturated carbocycles. The number of aromatic nitrogens is 6. The van der Waals surface area contributed by atoms with Gasteiger partial charge < -0.3 is 0 Å². The van der Waals surface area contributed by atoms with Gasteiger partial charge in [0.05, 0.1) is 0 Å². The molecule has 0 bridgehead atoms. The Labute approximate surface area is 87.7 Å². The van der Waals surface area contributed by atoms with E-state index >= 15 is 0 Å². The molecule has 0 N–H and O–H groups in total. The molecule has 0 aliphatic rings. The SMILES string of the molecule is N#Cc1nc(Cl)nn1C(=O)n1cncn1. The second-order valence-electron chi connectivity index (χ2n) is 2.35. The smallest absolute Gasteiger partial charge is 0.243 e. The van der Waals surface area contributed by atoms with Crippen LogP contribution < -0.4 is 0 Å². The van der Waals surface area contributed by atoms with E-state index in [1.54, 1.807) is 6.07 Å². The first-order valence-corrected chi connectivity index (χ1v) is 4.02. The normalized spacial score (nSPS) is 9.87. The van der Waals surface area contributed by atoms with Crippen LogP contribution in [0, 0.1) is 11.3 Å². The van der Waals surface area contributed by atoms with Gasteiger partial charge in [-0.3, -0.25) is 0 Å². The van der Waals surface area contributed by atoms with Crippen molar-refractivity contribution in [1.29, 1.82) is 5.26 Å². The van der Waals surface area contributed by atoms with Crippen molar-refractivity contribution in [1.82, 2.24) is 29.5 Å². The molecule has 2 aromatic heterocycles. The van der Waals surface area contributed by atoms with Gasteiger partial charge in [-0.2, -0.15) is 20.0 Å². The third-order valence-corrected chi connectivity index (χ3v) is 1.64. The highest BCUT2D eigenvalue weighted by molar-refractivity contribution is 6.28. The summed E-state index contributed by atoms with van der Waals surface area (Å²) in [4.78, 5) is 18.7. The Morgan fingerprint density at radius 1 is 1.60 bits per heavy atom. The summed E-state index contributed by atoms with van der Waals surface area (Å²) in [5.41, 5.74) is 0. The third-order valence-electron chi connectivity index (χ3n) is 1.48. The molecule has 74 valence electrons. The molecule has 0 amide bonds. The number of carbonyl (C=O) groups excluding carboxylic acids is 1. The van der Waals surface area contributed by atoms with Crippen LogP contribution in [0.3, 0.4) is 0 Å². The van der Waals surface area contributed by atoms with Gasteiger partial charge in [-0.15, -0.1) is 9.78 Å². The van der Waals surface area contributed by atoms with E-state index in [0.29, 0.717) is 0 Å². The van der Waals surface area contributed by atoms with Crippen LogP contribution in [-0.2, 0) is 0 Å². The first-order chi connectivity index (χ1) is 7.22. The van der Waals surface area contributed by atoms with Gasteiger partial charge in [0.15, 0.2) is 0 Å². The molecule has 9 heteroatoms. The average Bonchev–Trinajstić information content (AvgIpc) is 2.84. The summed E-state index contributed by atoms with van der Waals surface area (Å²) in [6.45, 7) is 0. The molecule has 0 spiro atoms. The minimum absolute atomic E-state index is 0.181. The van der Waals surface area contributed by atoms with E-state index in [1.165, 1.54) is 12.7 Å². The van der Waals surface area contributed by atoms with Gasteiger partial charge in [0, 0.05) is 0 Å². The molecule has 0 atom stereocenters. The van der Waals surface area contributed by atoms with E-state index < -0.39 is 6.03 Å². The molecular weight excluding hydrogens is 222 g/mol. The van der Waals surface area contributed by atoms with E-state index in [2.05, 4.69) is 20.2 Å². The van der Waals surface area contributed by atoms with Crippen molar-refractivity contribution < 1.29 is 4.79 Å². The van der Waals surface area contributed by atoms with Crippen molar-refractivity contribution in [3.8, 4) is 6.07 Å². The second-order valence-corrected chi connectivity index (χ2v) is 2.69. The van der Waals surface area contributed by atoms with Gasteiger partial charge in [0.2, 0.25) is 11.1 Å². The van der Waals surface area contributed by atoms with Crippen molar-refractivity contribution in [3.05, 3.63) is 23.8 Å². The summed E-state index contributed by atoms with van der Waals surface area (Å²) in [6.07, 6.45) is 2.36. The Morgan fingerprint density at radius 2 is 2.40 bits per heavy atom. The van der Waals surface area contributed by atoms with Gasteiger partial charge in [0.25, 0.3) is 0 Å². The first-order valence-electron chi connectivity index (χ1n) is 3.64. The summed E-state index contributed by atoms with van der Waals surface area (Å²) >= 11 is 5.46. The number of hydrogen-bond acceptors (Lipinski definition) is 6. The van der Waals surface area contributed by atoms with Gasteiger partial charge >= 0.3 is 6.03 Å². The Morgan fingerprint density at radius 3 is 3.00 bits per heavy atom. The molecule has 15 heavy (non-hydrogen) atoms. The maximum Gasteiger partial charge on any atom is 0.373 e.